The molecular formula is C13H20N4O4S. The van der Waals surface area contributed by atoms with Crippen LogP contribution in [0.1, 0.15) is 12.8 Å². The first-order chi connectivity index (χ1) is 10.4. The topological polar surface area (TPSA) is 119 Å². The Hall–Kier alpha value is -1.71. The Bertz CT molecular complexity index is 654. The maximum absolute atomic E-state index is 11.8. The van der Waals surface area contributed by atoms with Crippen molar-refractivity contribution < 1.29 is 13.3 Å². The standard InChI is InChI=1S/C13H20N4O4S/c1-15-22(20,21)11-2-3-12(13(8-11)17(18)19)16-6-4-10(9-14)5-7-16/h2-3,8,10,15H,4-7,9,14H2,1H3. The van der Waals surface area contributed by atoms with Gasteiger partial charge in [0.25, 0.3) is 5.69 Å². The number of piperidine rings is 1. The first-order valence-corrected chi connectivity index (χ1v) is 8.54. The van der Waals surface area contributed by atoms with E-state index in [2.05, 4.69) is 4.72 Å². The summed E-state index contributed by atoms with van der Waals surface area (Å²) in [5.41, 5.74) is 5.91. The van der Waals surface area contributed by atoms with E-state index in [1.165, 1.54) is 19.2 Å². The van der Waals surface area contributed by atoms with Gasteiger partial charge in [-0.3, -0.25) is 10.1 Å². The summed E-state index contributed by atoms with van der Waals surface area (Å²) in [4.78, 5) is 12.6. The van der Waals surface area contributed by atoms with E-state index in [-0.39, 0.29) is 10.6 Å². The summed E-state index contributed by atoms with van der Waals surface area (Å²) < 4.78 is 25.7. The van der Waals surface area contributed by atoms with Crippen LogP contribution in [0.5, 0.6) is 0 Å². The lowest BCUT2D eigenvalue weighted by molar-refractivity contribution is -0.384. The fourth-order valence-electron chi connectivity index (χ4n) is 2.61. The van der Waals surface area contributed by atoms with Crippen LogP contribution in [0, 0.1) is 16.0 Å². The van der Waals surface area contributed by atoms with Crippen LogP contribution in [-0.2, 0) is 10.0 Å². The molecular weight excluding hydrogens is 308 g/mol. The summed E-state index contributed by atoms with van der Waals surface area (Å²) >= 11 is 0. The fourth-order valence-corrected chi connectivity index (χ4v) is 3.36. The Kier molecular flexibility index (Phi) is 4.99. The van der Waals surface area contributed by atoms with Gasteiger partial charge in [-0.1, -0.05) is 0 Å². The smallest absolute Gasteiger partial charge is 0.293 e. The van der Waals surface area contributed by atoms with Gasteiger partial charge in [-0.15, -0.1) is 0 Å². The normalized spacial score (nSPS) is 16.7. The lowest BCUT2D eigenvalue weighted by Gasteiger charge is -2.32. The number of nitrogens with one attached hydrogen (secondary N) is 1. The predicted molar refractivity (Wildman–Crippen MR) is 83.3 cm³/mol. The molecule has 0 aliphatic carbocycles. The minimum atomic E-state index is -3.70. The Morgan fingerprint density at radius 3 is 2.55 bits per heavy atom. The number of benzene rings is 1. The summed E-state index contributed by atoms with van der Waals surface area (Å²) in [6.45, 7) is 1.98. The first kappa shape index (κ1) is 16.7. The number of nitrogens with two attached hydrogens (primary N) is 1. The van der Waals surface area contributed by atoms with Gasteiger partial charge in [0.05, 0.1) is 9.82 Å². The SMILES string of the molecule is CNS(=O)(=O)c1ccc(N2CCC(CN)CC2)c([N+](=O)[O-])c1. The molecule has 3 N–H and O–H groups in total. The summed E-state index contributed by atoms with van der Waals surface area (Å²) in [6.07, 6.45) is 1.76. The quantitative estimate of drug-likeness (QED) is 0.606. The van der Waals surface area contributed by atoms with Gasteiger partial charge >= 0.3 is 0 Å². The average Bonchev–Trinajstić information content (AvgIpc) is 2.54. The van der Waals surface area contributed by atoms with Crippen molar-refractivity contribution in [2.75, 3.05) is 31.6 Å². The van der Waals surface area contributed by atoms with Crippen molar-refractivity contribution in [1.29, 1.82) is 0 Å². The van der Waals surface area contributed by atoms with Gasteiger partial charge in [-0.25, -0.2) is 13.1 Å². The van der Waals surface area contributed by atoms with Crippen molar-refractivity contribution in [1.82, 2.24) is 4.72 Å². The summed E-state index contributed by atoms with van der Waals surface area (Å²) in [6, 6.07) is 4.00. The maximum Gasteiger partial charge on any atom is 0.293 e. The molecule has 0 amide bonds. The molecule has 0 aromatic heterocycles. The molecule has 2 rings (SSSR count). The Morgan fingerprint density at radius 2 is 2.05 bits per heavy atom. The minimum Gasteiger partial charge on any atom is -0.366 e. The molecule has 22 heavy (non-hydrogen) atoms. The number of nitro benzene ring substituents is 1. The first-order valence-electron chi connectivity index (χ1n) is 7.06. The molecule has 0 saturated carbocycles. The molecule has 1 heterocycles. The summed E-state index contributed by atoms with van der Waals surface area (Å²) in [7, 11) is -2.43. The van der Waals surface area contributed by atoms with E-state index in [1.807, 2.05) is 4.90 Å². The van der Waals surface area contributed by atoms with Crippen LogP contribution in [0.2, 0.25) is 0 Å². The zero-order valence-electron chi connectivity index (χ0n) is 12.4. The van der Waals surface area contributed by atoms with E-state index < -0.39 is 14.9 Å². The highest BCUT2D eigenvalue weighted by Gasteiger charge is 2.26. The van der Waals surface area contributed by atoms with Gasteiger partial charge in [-0.2, -0.15) is 0 Å². The van der Waals surface area contributed by atoms with Crippen LogP contribution in [0.15, 0.2) is 23.1 Å². The highest BCUT2D eigenvalue weighted by Crippen LogP contribution is 2.33. The zero-order chi connectivity index (χ0) is 16.3. The third kappa shape index (κ3) is 3.37. The molecule has 0 spiro atoms. The molecule has 0 bridgehead atoms. The molecule has 1 aliphatic rings. The van der Waals surface area contributed by atoms with Gasteiger partial charge in [0.2, 0.25) is 10.0 Å². The van der Waals surface area contributed by atoms with Gasteiger partial charge in [0.1, 0.15) is 5.69 Å². The van der Waals surface area contributed by atoms with Crippen LogP contribution in [0.3, 0.4) is 0 Å². The molecule has 1 saturated heterocycles. The van der Waals surface area contributed by atoms with E-state index in [4.69, 9.17) is 5.73 Å². The monoisotopic (exact) mass is 328 g/mol. The molecule has 122 valence electrons. The molecule has 8 nitrogen and oxygen atoms in total. The van der Waals surface area contributed by atoms with Gasteiger partial charge < -0.3 is 10.6 Å². The summed E-state index contributed by atoms with van der Waals surface area (Å²) in [5, 5.41) is 11.3. The van der Waals surface area contributed by atoms with E-state index in [0.29, 0.717) is 31.2 Å². The van der Waals surface area contributed by atoms with Crippen LogP contribution >= 0.6 is 0 Å². The summed E-state index contributed by atoms with van der Waals surface area (Å²) in [5.74, 6) is 0.444. The van der Waals surface area contributed by atoms with E-state index in [1.54, 1.807) is 0 Å². The Labute approximate surface area is 129 Å². The number of rotatable bonds is 5. The molecule has 9 heteroatoms. The van der Waals surface area contributed by atoms with Crippen molar-refractivity contribution in [2.45, 2.75) is 17.7 Å². The number of hydrogen-bond donors (Lipinski definition) is 2. The van der Waals surface area contributed by atoms with Crippen LogP contribution in [-0.4, -0.2) is 40.0 Å². The highest BCUT2D eigenvalue weighted by molar-refractivity contribution is 7.89. The van der Waals surface area contributed by atoms with Gasteiger partial charge in [0, 0.05) is 19.2 Å². The molecule has 1 aromatic rings. The van der Waals surface area contributed by atoms with Gasteiger partial charge in [-0.05, 0) is 44.5 Å². The predicted octanol–water partition coefficient (Wildman–Crippen LogP) is 0.678. The second-order valence-electron chi connectivity index (χ2n) is 5.28. The second kappa shape index (κ2) is 6.59. The van der Waals surface area contributed by atoms with E-state index in [0.717, 1.165) is 18.9 Å². The van der Waals surface area contributed by atoms with Crippen LogP contribution < -0.4 is 15.4 Å². The lowest BCUT2D eigenvalue weighted by Crippen LogP contribution is -2.36. The molecule has 1 aliphatic heterocycles. The van der Waals surface area contributed by atoms with Crippen molar-refractivity contribution in [3.05, 3.63) is 28.3 Å². The van der Waals surface area contributed by atoms with Gasteiger partial charge in [0.15, 0.2) is 0 Å². The van der Waals surface area contributed by atoms with E-state index in [9.17, 15) is 18.5 Å². The number of nitrogens with zero attached hydrogens (tertiary/aromatic N) is 2. The third-order valence-corrected chi connectivity index (χ3v) is 5.42. The number of anilines is 1. The number of hydrogen-bond acceptors (Lipinski definition) is 6. The van der Waals surface area contributed by atoms with Crippen molar-refractivity contribution in [3.8, 4) is 0 Å². The molecule has 0 unspecified atom stereocenters. The van der Waals surface area contributed by atoms with Crippen molar-refractivity contribution in [3.63, 3.8) is 0 Å². The molecule has 1 aromatic carbocycles. The van der Waals surface area contributed by atoms with Crippen molar-refractivity contribution in [2.24, 2.45) is 11.7 Å². The third-order valence-electron chi connectivity index (χ3n) is 4.01. The second-order valence-corrected chi connectivity index (χ2v) is 7.17. The minimum absolute atomic E-state index is 0.109. The average molecular weight is 328 g/mol. The largest absolute Gasteiger partial charge is 0.366 e. The van der Waals surface area contributed by atoms with Crippen LogP contribution in [0.4, 0.5) is 11.4 Å². The lowest BCUT2D eigenvalue weighted by atomic mass is 9.96. The molecule has 0 radical (unpaired) electrons. The van der Waals surface area contributed by atoms with E-state index >= 15 is 0 Å². The zero-order valence-corrected chi connectivity index (χ0v) is 13.2. The molecule has 0 atom stereocenters. The fraction of sp³-hybridized carbons (Fsp3) is 0.538. The number of sulfonamides is 1. The molecule has 1 fully saturated rings. The Morgan fingerprint density at radius 1 is 1.41 bits per heavy atom. The van der Waals surface area contributed by atoms with Crippen molar-refractivity contribution >= 4 is 21.4 Å². The Balaban J connectivity index is 2.35. The maximum atomic E-state index is 11.8. The highest BCUT2D eigenvalue weighted by atomic mass is 32.2. The van der Waals surface area contributed by atoms with Crippen LogP contribution in [0.25, 0.3) is 0 Å². The number of nitro groups is 1.